The normalized spacial score (nSPS) is 16.2. The summed E-state index contributed by atoms with van der Waals surface area (Å²) in [7, 11) is 0. The molecule has 2 rings (SSSR count). The van der Waals surface area contributed by atoms with Crippen molar-refractivity contribution in [3.8, 4) is 0 Å². The maximum atomic E-state index is 10.1. The third-order valence-electron chi connectivity index (χ3n) is 3.05. The molecule has 0 aliphatic carbocycles. The Balaban J connectivity index is 1.85. The van der Waals surface area contributed by atoms with Crippen LogP contribution in [0.4, 0.5) is 0 Å². The van der Waals surface area contributed by atoms with Gasteiger partial charge in [0.25, 0.3) is 0 Å². The van der Waals surface area contributed by atoms with E-state index in [0.717, 1.165) is 16.3 Å². The van der Waals surface area contributed by atoms with Gasteiger partial charge in [0, 0.05) is 28.0 Å². The molecule has 0 saturated heterocycles. The molecule has 3 nitrogen and oxygen atoms in total. The topological polar surface area (TPSA) is 45.2 Å². The minimum atomic E-state index is -0.377. The van der Waals surface area contributed by atoms with Crippen LogP contribution in [0.1, 0.15) is 47.2 Å². The first-order valence-electron chi connectivity index (χ1n) is 6.46. The van der Waals surface area contributed by atoms with E-state index in [1.165, 1.54) is 4.88 Å². The van der Waals surface area contributed by atoms with E-state index in [0.29, 0.717) is 0 Å². The van der Waals surface area contributed by atoms with Crippen LogP contribution in [0.2, 0.25) is 0 Å². The second-order valence-electron chi connectivity index (χ2n) is 4.84. The molecule has 0 radical (unpaired) electrons. The minimum absolute atomic E-state index is 0.259. The molecule has 2 heterocycles. The smallest absolute Gasteiger partial charge is 0.0897 e. The molecule has 0 bridgehead atoms. The van der Waals surface area contributed by atoms with Gasteiger partial charge in [0.2, 0.25) is 0 Å². The fraction of sp³-hybridized carbons (Fsp3) is 0.500. The first-order chi connectivity index (χ1) is 9.06. The highest BCUT2D eigenvalue weighted by Crippen LogP contribution is 2.25. The van der Waals surface area contributed by atoms with Crippen LogP contribution in [0.25, 0.3) is 0 Å². The summed E-state index contributed by atoms with van der Waals surface area (Å²) in [6.07, 6.45) is 2.28. The molecular formula is C14H20N2OS2. The molecule has 19 heavy (non-hydrogen) atoms. The fourth-order valence-electron chi connectivity index (χ4n) is 2.09. The molecule has 0 fully saturated rings. The van der Waals surface area contributed by atoms with Gasteiger partial charge in [0.1, 0.15) is 0 Å². The second-order valence-corrected chi connectivity index (χ2v) is 7.08. The summed E-state index contributed by atoms with van der Waals surface area (Å²) in [5.74, 6) is 0. The van der Waals surface area contributed by atoms with Gasteiger partial charge in [0.05, 0.1) is 11.1 Å². The standard InChI is InChI=1S/C14H20N2OS2/c1-9(7-12(17)13-5-4-6-18-13)16-10(2)14-8-15-11(3)19-14/h4-6,8-10,12,16-17H,7H2,1-3H3. The number of nitrogens with zero attached hydrogens (tertiary/aromatic N) is 1. The van der Waals surface area contributed by atoms with Crippen LogP contribution >= 0.6 is 22.7 Å². The molecule has 0 saturated carbocycles. The third kappa shape index (κ3) is 4.11. The number of aliphatic hydroxyl groups excluding tert-OH is 1. The summed E-state index contributed by atoms with van der Waals surface area (Å²) in [5, 5.41) is 16.7. The van der Waals surface area contributed by atoms with Gasteiger partial charge < -0.3 is 10.4 Å². The predicted octanol–water partition coefficient (Wildman–Crippen LogP) is 3.68. The summed E-state index contributed by atoms with van der Waals surface area (Å²) < 4.78 is 0. The maximum Gasteiger partial charge on any atom is 0.0897 e. The molecule has 2 N–H and O–H groups in total. The van der Waals surface area contributed by atoms with Gasteiger partial charge in [-0.15, -0.1) is 22.7 Å². The lowest BCUT2D eigenvalue weighted by molar-refractivity contribution is 0.155. The number of aliphatic hydroxyl groups is 1. The van der Waals surface area contributed by atoms with E-state index in [9.17, 15) is 5.11 Å². The molecule has 5 heteroatoms. The van der Waals surface area contributed by atoms with Crippen LogP contribution in [-0.2, 0) is 0 Å². The number of hydrogen-bond donors (Lipinski definition) is 2. The van der Waals surface area contributed by atoms with E-state index in [1.54, 1.807) is 22.7 Å². The van der Waals surface area contributed by atoms with Crippen LogP contribution < -0.4 is 5.32 Å². The average Bonchev–Trinajstić information content (AvgIpc) is 2.98. The van der Waals surface area contributed by atoms with Gasteiger partial charge in [-0.3, -0.25) is 0 Å². The Hall–Kier alpha value is -0.750. The van der Waals surface area contributed by atoms with Gasteiger partial charge in [-0.2, -0.15) is 0 Å². The first kappa shape index (κ1) is 14.7. The fourth-order valence-corrected chi connectivity index (χ4v) is 3.61. The van der Waals surface area contributed by atoms with E-state index >= 15 is 0 Å². The number of rotatable bonds is 6. The van der Waals surface area contributed by atoms with Crippen molar-refractivity contribution in [1.82, 2.24) is 10.3 Å². The summed E-state index contributed by atoms with van der Waals surface area (Å²) in [4.78, 5) is 6.56. The third-order valence-corrected chi connectivity index (χ3v) is 5.12. The SMILES string of the molecule is Cc1ncc(C(C)NC(C)CC(O)c2cccs2)s1. The zero-order chi connectivity index (χ0) is 13.8. The van der Waals surface area contributed by atoms with E-state index in [2.05, 4.69) is 24.1 Å². The minimum Gasteiger partial charge on any atom is -0.388 e. The molecule has 0 aliphatic rings. The lowest BCUT2D eigenvalue weighted by atomic mass is 10.1. The molecule has 0 amide bonds. The van der Waals surface area contributed by atoms with Gasteiger partial charge >= 0.3 is 0 Å². The molecule has 0 spiro atoms. The molecular weight excluding hydrogens is 276 g/mol. The van der Waals surface area contributed by atoms with Crippen molar-refractivity contribution in [2.75, 3.05) is 0 Å². The van der Waals surface area contributed by atoms with Crippen molar-refractivity contribution in [3.63, 3.8) is 0 Å². The Morgan fingerprint density at radius 3 is 2.74 bits per heavy atom. The van der Waals surface area contributed by atoms with E-state index in [1.807, 2.05) is 30.6 Å². The lowest BCUT2D eigenvalue weighted by Crippen LogP contribution is -2.30. The van der Waals surface area contributed by atoms with Gasteiger partial charge in [-0.05, 0) is 38.6 Å². The van der Waals surface area contributed by atoms with Crippen molar-refractivity contribution < 1.29 is 5.11 Å². The Morgan fingerprint density at radius 2 is 2.16 bits per heavy atom. The van der Waals surface area contributed by atoms with Crippen LogP contribution in [-0.4, -0.2) is 16.1 Å². The van der Waals surface area contributed by atoms with E-state index < -0.39 is 0 Å². The van der Waals surface area contributed by atoms with Crippen molar-refractivity contribution in [3.05, 3.63) is 38.5 Å². The van der Waals surface area contributed by atoms with E-state index in [-0.39, 0.29) is 18.2 Å². The van der Waals surface area contributed by atoms with Gasteiger partial charge in [-0.1, -0.05) is 6.07 Å². The largest absolute Gasteiger partial charge is 0.388 e. The van der Waals surface area contributed by atoms with Crippen molar-refractivity contribution in [2.45, 2.75) is 45.4 Å². The van der Waals surface area contributed by atoms with E-state index in [4.69, 9.17) is 0 Å². The summed E-state index contributed by atoms with van der Waals surface area (Å²) in [6, 6.07) is 4.49. The van der Waals surface area contributed by atoms with Crippen LogP contribution in [0.3, 0.4) is 0 Å². The molecule has 0 aromatic carbocycles. The summed E-state index contributed by atoms with van der Waals surface area (Å²) in [6.45, 7) is 6.27. The molecule has 0 aliphatic heterocycles. The molecule has 3 atom stereocenters. The number of hydrogen-bond acceptors (Lipinski definition) is 5. The highest BCUT2D eigenvalue weighted by atomic mass is 32.1. The van der Waals surface area contributed by atoms with Crippen molar-refractivity contribution >= 4 is 22.7 Å². The number of thiazole rings is 1. The Morgan fingerprint density at radius 1 is 1.37 bits per heavy atom. The van der Waals surface area contributed by atoms with Crippen molar-refractivity contribution in [1.29, 1.82) is 0 Å². The zero-order valence-electron chi connectivity index (χ0n) is 11.5. The Labute approximate surface area is 122 Å². The molecule has 104 valence electrons. The molecule has 2 aromatic heterocycles. The van der Waals surface area contributed by atoms with Gasteiger partial charge in [-0.25, -0.2) is 4.98 Å². The van der Waals surface area contributed by atoms with Crippen molar-refractivity contribution in [2.24, 2.45) is 0 Å². The average molecular weight is 296 g/mol. The quantitative estimate of drug-likeness (QED) is 0.855. The maximum absolute atomic E-state index is 10.1. The van der Waals surface area contributed by atoms with Crippen LogP contribution in [0, 0.1) is 6.92 Å². The van der Waals surface area contributed by atoms with Crippen LogP contribution in [0.5, 0.6) is 0 Å². The van der Waals surface area contributed by atoms with Gasteiger partial charge in [0.15, 0.2) is 0 Å². The highest BCUT2D eigenvalue weighted by molar-refractivity contribution is 7.11. The zero-order valence-corrected chi connectivity index (χ0v) is 13.1. The number of aryl methyl sites for hydroxylation is 1. The summed E-state index contributed by atoms with van der Waals surface area (Å²) in [5.41, 5.74) is 0. The second kappa shape index (κ2) is 6.61. The Kier molecular flexibility index (Phi) is 5.10. The predicted molar refractivity (Wildman–Crippen MR) is 81.8 cm³/mol. The number of thiophene rings is 1. The monoisotopic (exact) mass is 296 g/mol. The number of nitrogens with one attached hydrogen (secondary N) is 1. The lowest BCUT2D eigenvalue weighted by Gasteiger charge is -2.21. The number of aromatic nitrogens is 1. The first-order valence-corrected chi connectivity index (χ1v) is 8.15. The highest BCUT2D eigenvalue weighted by Gasteiger charge is 2.16. The molecule has 3 unspecified atom stereocenters. The van der Waals surface area contributed by atoms with Crippen LogP contribution in [0.15, 0.2) is 23.7 Å². The summed E-state index contributed by atoms with van der Waals surface area (Å²) >= 11 is 3.33. The molecule has 2 aromatic rings. The Bertz CT molecular complexity index is 495.